The Bertz CT molecular complexity index is 524. The number of carboxylic acids is 1. The van der Waals surface area contributed by atoms with Crippen LogP contribution in [0.3, 0.4) is 0 Å². The molecule has 26 heavy (non-hydrogen) atoms. The average molecular weight is 360 g/mol. The van der Waals surface area contributed by atoms with Gasteiger partial charge in [0.1, 0.15) is 0 Å². The lowest BCUT2D eigenvalue weighted by Crippen LogP contribution is -1.98. The van der Waals surface area contributed by atoms with E-state index in [4.69, 9.17) is 5.11 Å². The molecule has 0 saturated heterocycles. The summed E-state index contributed by atoms with van der Waals surface area (Å²) in [6.45, 7) is 1.92. The first-order valence-electron chi connectivity index (χ1n) is 9.10. The molecule has 0 amide bonds. The van der Waals surface area contributed by atoms with Crippen molar-refractivity contribution in [3.05, 3.63) is 72.9 Å². The summed E-state index contributed by atoms with van der Waals surface area (Å²) in [4.78, 5) is 10.3. The van der Waals surface area contributed by atoms with Crippen LogP contribution in [-0.4, -0.2) is 33.5 Å². The SMILES string of the molecule is CC[C@H](O)/C=C/C=C\C=C\[C@H](O)C/C=C\C/C=C\C/C=C\CCC(=O)O. The predicted octanol–water partition coefficient (Wildman–Crippen LogP) is 4.49. The number of carbonyl (C=O) groups is 1. The molecule has 0 heterocycles. The summed E-state index contributed by atoms with van der Waals surface area (Å²) in [7, 11) is 0. The molecular weight excluding hydrogens is 328 g/mol. The van der Waals surface area contributed by atoms with Crippen molar-refractivity contribution >= 4 is 5.97 Å². The lowest BCUT2D eigenvalue weighted by atomic mass is 10.2. The van der Waals surface area contributed by atoms with Crippen molar-refractivity contribution in [2.45, 2.75) is 57.7 Å². The van der Waals surface area contributed by atoms with Crippen LogP contribution in [0, 0.1) is 0 Å². The van der Waals surface area contributed by atoms with Crippen LogP contribution in [0.4, 0.5) is 0 Å². The summed E-state index contributed by atoms with van der Waals surface area (Å²) < 4.78 is 0. The zero-order valence-electron chi connectivity index (χ0n) is 15.6. The molecule has 4 heteroatoms. The molecule has 0 radical (unpaired) electrons. The summed E-state index contributed by atoms with van der Waals surface area (Å²) >= 11 is 0. The van der Waals surface area contributed by atoms with Gasteiger partial charge in [-0.05, 0) is 32.1 Å². The Kier molecular flexibility index (Phi) is 16.2. The Morgan fingerprint density at radius 1 is 0.808 bits per heavy atom. The fourth-order valence-corrected chi connectivity index (χ4v) is 1.83. The molecule has 0 aromatic rings. The molecule has 2 atom stereocenters. The first kappa shape index (κ1) is 23.8. The Morgan fingerprint density at radius 3 is 1.92 bits per heavy atom. The third kappa shape index (κ3) is 18.2. The number of rotatable bonds is 14. The summed E-state index contributed by atoms with van der Waals surface area (Å²) in [6, 6.07) is 0. The fraction of sp³-hybridized carbons (Fsp3) is 0.409. The van der Waals surface area contributed by atoms with E-state index in [-0.39, 0.29) is 6.42 Å². The Labute approximate surface area is 157 Å². The Hall–Kier alpha value is -2.17. The predicted molar refractivity (Wildman–Crippen MR) is 108 cm³/mol. The van der Waals surface area contributed by atoms with Crippen LogP contribution in [0.2, 0.25) is 0 Å². The van der Waals surface area contributed by atoms with Gasteiger partial charge in [-0.25, -0.2) is 0 Å². The third-order valence-corrected chi connectivity index (χ3v) is 3.36. The van der Waals surface area contributed by atoms with Gasteiger partial charge < -0.3 is 15.3 Å². The highest BCUT2D eigenvalue weighted by Gasteiger charge is 1.93. The molecule has 4 nitrogen and oxygen atoms in total. The van der Waals surface area contributed by atoms with Gasteiger partial charge >= 0.3 is 5.97 Å². The number of hydrogen-bond donors (Lipinski definition) is 3. The van der Waals surface area contributed by atoms with Gasteiger partial charge in [0.15, 0.2) is 0 Å². The molecule has 0 spiro atoms. The maximum absolute atomic E-state index is 10.3. The second-order valence-electron chi connectivity index (χ2n) is 5.75. The van der Waals surface area contributed by atoms with Crippen LogP contribution < -0.4 is 0 Å². The normalized spacial score (nSPS) is 15.5. The van der Waals surface area contributed by atoms with E-state index in [1.165, 1.54) is 0 Å². The molecule has 3 N–H and O–H groups in total. The summed E-state index contributed by atoms with van der Waals surface area (Å²) in [6.07, 6.45) is 25.2. The van der Waals surface area contributed by atoms with Gasteiger partial charge in [0.05, 0.1) is 12.2 Å². The number of aliphatic hydroxyl groups is 2. The average Bonchev–Trinajstić information content (AvgIpc) is 2.61. The van der Waals surface area contributed by atoms with Crippen molar-refractivity contribution in [1.29, 1.82) is 0 Å². The highest BCUT2D eigenvalue weighted by Crippen LogP contribution is 1.99. The highest BCUT2D eigenvalue weighted by atomic mass is 16.4. The Balaban J connectivity index is 3.78. The number of aliphatic carboxylic acids is 1. The molecule has 0 aliphatic heterocycles. The van der Waals surface area contributed by atoms with Gasteiger partial charge in [-0.15, -0.1) is 0 Å². The molecule has 0 bridgehead atoms. The molecule has 0 fully saturated rings. The van der Waals surface area contributed by atoms with Crippen LogP contribution in [0.25, 0.3) is 0 Å². The molecular formula is C22H32O4. The quantitative estimate of drug-likeness (QED) is 0.315. The van der Waals surface area contributed by atoms with Crippen LogP contribution >= 0.6 is 0 Å². The van der Waals surface area contributed by atoms with Crippen molar-refractivity contribution in [2.24, 2.45) is 0 Å². The van der Waals surface area contributed by atoms with Crippen molar-refractivity contribution < 1.29 is 20.1 Å². The van der Waals surface area contributed by atoms with E-state index >= 15 is 0 Å². The smallest absolute Gasteiger partial charge is 0.303 e. The lowest BCUT2D eigenvalue weighted by Gasteiger charge is -1.98. The summed E-state index contributed by atoms with van der Waals surface area (Å²) in [5.74, 6) is -0.771. The number of aliphatic hydroxyl groups excluding tert-OH is 2. The maximum atomic E-state index is 10.3. The summed E-state index contributed by atoms with van der Waals surface area (Å²) in [5, 5.41) is 27.6. The zero-order chi connectivity index (χ0) is 19.5. The van der Waals surface area contributed by atoms with E-state index in [0.29, 0.717) is 19.3 Å². The molecule has 0 aliphatic carbocycles. The zero-order valence-corrected chi connectivity index (χ0v) is 15.6. The van der Waals surface area contributed by atoms with E-state index in [1.54, 1.807) is 24.3 Å². The van der Waals surface area contributed by atoms with Crippen LogP contribution in [0.5, 0.6) is 0 Å². The standard InChI is InChI=1S/C22H32O4/c1-2-20(23)16-12-10-11-14-18-21(24)17-13-8-6-4-3-5-7-9-15-19-22(25)26/h3-4,7-14,16,18,20-21,23-24H,2,5-6,15,17,19H2,1H3,(H,25,26)/b4-3-,9-7-,11-10-,13-8-,16-12+,18-14+/t20-,21+/m0/s1. The minimum Gasteiger partial charge on any atom is -0.481 e. The Morgan fingerprint density at radius 2 is 1.35 bits per heavy atom. The monoisotopic (exact) mass is 360 g/mol. The fourth-order valence-electron chi connectivity index (χ4n) is 1.83. The van der Waals surface area contributed by atoms with Crippen molar-refractivity contribution in [3.8, 4) is 0 Å². The van der Waals surface area contributed by atoms with Crippen LogP contribution in [0.15, 0.2) is 72.9 Å². The molecule has 0 saturated carbocycles. The molecule has 144 valence electrons. The van der Waals surface area contributed by atoms with Crippen LogP contribution in [0.1, 0.15) is 45.4 Å². The molecule has 0 aromatic heterocycles. The number of carboxylic acid groups (broad SMARTS) is 1. The first-order chi connectivity index (χ1) is 12.6. The van der Waals surface area contributed by atoms with Gasteiger partial charge in [0, 0.05) is 6.42 Å². The lowest BCUT2D eigenvalue weighted by molar-refractivity contribution is -0.136. The van der Waals surface area contributed by atoms with Crippen molar-refractivity contribution in [2.75, 3.05) is 0 Å². The van der Waals surface area contributed by atoms with Crippen molar-refractivity contribution in [1.82, 2.24) is 0 Å². The second-order valence-corrected chi connectivity index (χ2v) is 5.75. The largest absolute Gasteiger partial charge is 0.481 e. The van der Waals surface area contributed by atoms with Crippen LogP contribution in [-0.2, 0) is 4.79 Å². The van der Waals surface area contributed by atoms with E-state index in [1.807, 2.05) is 55.5 Å². The van der Waals surface area contributed by atoms with E-state index in [2.05, 4.69) is 0 Å². The minimum atomic E-state index is -0.771. The van der Waals surface area contributed by atoms with Gasteiger partial charge in [-0.3, -0.25) is 4.79 Å². The van der Waals surface area contributed by atoms with Gasteiger partial charge in [-0.1, -0.05) is 79.8 Å². The topological polar surface area (TPSA) is 77.8 Å². The van der Waals surface area contributed by atoms with Crippen molar-refractivity contribution in [3.63, 3.8) is 0 Å². The minimum absolute atomic E-state index is 0.175. The van der Waals surface area contributed by atoms with E-state index < -0.39 is 18.2 Å². The first-order valence-corrected chi connectivity index (χ1v) is 9.10. The number of allylic oxidation sites excluding steroid dienone is 9. The third-order valence-electron chi connectivity index (χ3n) is 3.36. The molecule has 0 aromatic carbocycles. The van der Waals surface area contributed by atoms with Gasteiger partial charge in [0.2, 0.25) is 0 Å². The number of hydrogen-bond acceptors (Lipinski definition) is 3. The second kappa shape index (κ2) is 17.6. The molecule has 0 rings (SSSR count). The van der Waals surface area contributed by atoms with E-state index in [9.17, 15) is 15.0 Å². The maximum Gasteiger partial charge on any atom is 0.303 e. The molecule has 0 unspecified atom stereocenters. The molecule has 0 aliphatic rings. The van der Waals surface area contributed by atoms with E-state index in [0.717, 1.165) is 12.8 Å². The van der Waals surface area contributed by atoms with Gasteiger partial charge in [0.25, 0.3) is 0 Å². The highest BCUT2D eigenvalue weighted by molar-refractivity contribution is 5.66. The summed E-state index contributed by atoms with van der Waals surface area (Å²) in [5.41, 5.74) is 0. The van der Waals surface area contributed by atoms with Gasteiger partial charge in [-0.2, -0.15) is 0 Å².